The van der Waals surface area contributed by atoms with E-state index in [2.05, 4.69) is 25.9 Å². The van der Waals surface area contributed by atoms with Gasteiger partial charge >= 0.3 is 12.4 Å². The zero-order valence-electron chi connectivity index (χ0n) is 30.1. The van der Waals surface area contributed by atoms with Crippen LogP contribution in [-0.2, 0) is 21.9 Å². The summed E-state index contributed by atoms with van der Waals surface area (Å²) in [5.74, 6) is 1.24. The molecule has 0 unspecified atom stereocenters. The molecule has 10 nitrogen and oxygen atoms in total. The monoisotopic (exact) mass is 878 g/mol. The number of nitrogens with one attached hydrogen (secondary N) is 3. The van der Waals surface area contributed by atoms with E-state index < -0.39 is 45.3 Å². The highest BCUT2D eigenvalue weighted by Crippen LogP contribution is 2.37. The van der Waals surface area contributed by atoms with Crippen molar-refractivity contribution in [1.29, 1.82) is 0 Å². The van der Waals surface area contributed by atoms with Crippen molar-refractivity contribution in [2.75, 3.05) is 34.1 Å². The maximum atomic E-state index is 12.9. The van der Waals surface area contributed by atoms with Crippen LogP contribution in [0.3, 0.4) is 0 Å². The second-order valence-electron chi connectivity index (χ2n) is 11.6. The van der Waals surface area contributed by atoms with Crippen LogP contribution < -0.4 is 31.2 Å². The van der Waals surface area contributed by atoms with E-state index in [0.29, 0.717) is 17.2 Å². The number of nitrogens with zero attached hydrogens (tertiary/aromatic N) is 2. The summed E-state index contributed by atoms with van der Waals surface area (Å²) < 4.78 is 87.1. The number of pyridine rings is 2. The second-order valence-corrected chi connectivity index (χ2v) is 12.7. The molecule has 0 fully saturated rings. The maximum Gasteiger partial charge on any atom is 0.417 e. The Hall–Kier alpha value is -6.23. The molecule has 2 amide bonds. The number of benzene rings is 4. The van der Waals surface area contributed by atoms with Crippen molar-refractivity contribution < 1.29 is 45.4 Å². The number of aromatic nitrogens is 2. The highest BCUT2D eigenvalue weighted by atomic mass is 35.5. The lowest BCUT2D eigenvalue weighted by Gasteiger charge is -2.12. The predicted molar refractivity (Wildman–Crippen MR) is 215 cm³/mol. The molecular weight excluding hydrogens is 849 g/mol. The molecule has 2 aromatic heterocycles. The number of amides is 2. The van der Waals surface area contributed by atoms with Crippen molar-refractivity contribution in [2.45, 2.75) is 12.4 Å². The molecule has 0 aliphatic heterocycles. The zero-order valence-corrected chi connectivity index (χ0v) is 32.4. The van der Waals surface area contributed by atoms with Crippen molar-refractivity contribution in [3.8, 4) is 23.0 Å². The minimum atomic E-state index is -4.60. The Morgan fingerprint density at radius 3 is 1.42 bits per heavy atom. The molecule has 0 saturated heterocycles. The van der Waals surface area contributed by atoms with Crippen molar-refractivity contribution in [3.63, 3.8) is 0 Å². The fourth-order valence-electron chi connectivity index (χ4n) is 4.49. The topological polar surface area (TPSA) is 140 Å². The number of carbonyl (C=O) groups excluding carboxylic acids is 2. The number of ether oxygens (including phenoxy) is 2. The fraction of sp³-hybridized carbons (Fsp3) is 0.100. The molecule has 0 bridgehead atoms. The molecule has 5 N–H and O–H groups in total. The third kappa shape index (κ3) is 15.6. The summed E-state index contributed by atoms with van der Waals surface area (Å²) >= 11 is 16.2. The number of rotatable bonds is 10. The van der Waals surface area contributed by atoms with E-state index in [0.717, 1.165) is 41.5 Å². The Kier molecular flexibility index (Phi) is 16.6. The van der Waals surface area contributed by atoms with E-state index in [1.165, 1.54) is 12.1 Å². The molecule has 4 aromatic carbocycles. The van der Waals surface area contributed by atoms with E-state index >= 15 is 0 Å². The van der Waals surface area contributed by atoms with Crippen LogP contribution in [0, 0.1) is 0 Å². The van der Waals surface area contributed by atoms with Gasteiger partial charge in [-0.05, 0) is 109 Å². The molecule has 2 heterocycles. The van der Waals surface area contributed by atoms with E-state index in [4.69, 9.17) is 50.0 Å². The lowest BCUT2D eigenvalue weighted by molar-refractivity contribution is -0.138. The molecule has 0 aliphatic rings. The average molecular weight is 880 g/mol. The molecule has 0 spiro atoms. The van der Waals surface area contributed by atoms with Gasteiger partial charge in [0.1, 0.15) is 28.9 Å². The van der Waals surface area contributed by atoms with E-state index in [1.54, 1.807) is 73.3 Å². The lowest BCUT2D eigenvalue weighted by atomic mass is 10.2. The third-order valence-corrected chi connectivity index (χ3v) is 8.06. The average Bonchev–Trinajstić information content (AvgIpc) is 3.20. The Morgan fingerprint density at radius 1 is 0.593 bits per heavy atom. The summed E-state index contributed by atoms with van der Waals surface area (Å²) in [6.07, 6.45) is -2.57. The minimum absolute atomic E-state index is 0.00220. The first-order valence-electron chi connectivity index (χ1n) is 16.7. The van der Waals surface area contributed by atoms with Gasteiger partial charge in [0.2, 0.25) is 11.8 Å². The van der Waals surface area contributed by atoms with Gasteiger partial charge in [0.15, 0.2) is 0 Å². The molecule has 308 valence electrons. The van der Waals surface area contributed by atoms with Crippen LogP contribution in [0.15, 0.2) is 134 Å². The Labute approximate surface area is 348 Å². The van der Waals surface area contributed by atoms with Crippen LogP contribution in [0.5, 0.6) is 23.0 Å². The number of nitrogens with two attached hydrogens (primary N) is 1. The fourth-order valence-corrected chi connectivity index (χ4v) is 5.00. The highest BCUT2D eigenvalue weighted by molar-refractivity contribution is 6.32. The Bertz CT molecular complexity index is 2270. The highest BCUT2D eigenvalue weighted by Gasteiger charge is 2.34. The lowest BCUT2D eigenvalue weighted by Crippen LogP contribution is -2.22. The number of hydrogen-bond acceptors (Lipinski definition) is 8. The van der Waals surface area contributed by atoms with Crippen LogP contribution in [0.2, 0.25) is 10.0 Å². The van der Waals surface area contributed by atoms with Crippen molar-refractivity contribution in [2.24, 2.45) is 0 Å². The van der Waals surface area contributed by atoms with E-state index in [9.17, 15) is 35.9 Å². The quantitative estimate of drug-likeness (QED) is 0.0606. The second kappa shape index (κ2) is 21.5. The smallest absolute Gasteiger partial charge is 0.417 e. The van der Waals surface area contributed by atoms with Gasteiger partial charge in [0.05, 0.1) is 40.1 Å². The number of nitrogen functional groups attached to an aromatic ring is 1. The molecule has 0 radical (unpaired) electrons. The first-order valence-corrected chi connectivity index (χ1v) is 18.0. The van der Waals surface area contributed by atoms with Crippen LogP contribution >= 0.6 is 34.8 Å². The first-order chi connectivity index (χ1) is 28.0. The molecule has 6 rings (SSSR count). The van der Waals surface area contributed by atoms with E-state index in [1.807, 2.05) is 24.3 Å². The van der Waals surface area contributed by atoms with Crippen molar-refractivity contribution in [1.82, 2.24) is 9.97 Å². The predicted octanol–water partition coefficient (Wildman–Crippen LogP) is 11.6. The van der Waals surface area contributed by atoms with E-state index in [-0.39, 0.29) is 23.8 Å². The molecule has 0 saturated carbocycles. The normalized spacial score (nSPS) is 10.8. The number of alkyl halides is 7. The van der Waals surface area contributed by atoms with Gasteiger partial charge in [0.25, 0.3) is 0 Å². The summed E-state index contributed by atoms with van der Waals surface area (Å²) in [5, 5.41) is 6.64. The van der Waals surface area contributed by atoms with Gasteiger partial charge in [0, 0.05) is 35.1 Å². The Morgan fingerprint density at radius 2 is 1.02 bits per heavy atom. The number of carbonyl (C=O) groups is 2. The number of halogens is 9. The summed E-state index contributed by atoms with van der Waals surface area (Å²) in [7, 11) is 0. The van der Waals surface area contributed by atoms with Gasteiger partial charge in [-0.2, -0.15) is 26.3 Å². The van der Waals surface area contributed by atoms with Crippen molar-refractivity contribution >= 4 is 69.4 Å². The molecule has 59 heavy (non-hydrogen) atoms. The SMILES string of the molecule is Nc1ccc(Oc2cccnc2)cc1.O=C(CCl)Nc1ccc(Cl)c(C(F)(F)F)c1.O=C(CNc1ccc(Oc2cccnc2)cc1)Nc1ccc(Cl)c(C(F)(F)F)c1. The zero-order chi connectivity index (χ0) is 43.0. The summed E-state index contributed by atoms with van der Waals surface area (Å²) in [5.41, 5.74) is 4.93. The van der Waals surface area contributed by atoms with Crippen LogP contribution in [0.1, 0.15) is 11.1 Å². The standard InChI is InChI=1S/C20H15ClF3N3O2.C11H10N2O.C9H6Cl2F3NO/c21-18-8-5-14(10-17(18)20(22,23)24)27-19(28)12-26-13-3-6-15(7-4-13)29-16-2-1-9-25-11-16;12-9-3-5-10(6-4-9)14-11-2-1-7-13-8-11;10-4-8(16)15-5-1-2-7(11)6(3-5)9(12,13)14/h1-11,26H,12H2,(H,27,28);1-8H,12H2;1-3H,4H2,(H,15,16). The Balaban J connectivity index is 0.000000216. The molecule has 0 aliphatic carbocycles. The van der Waals surface area contributed by atoms with Gasteiger partial charge < -0.3 is 31.2 Å². The van der Waals surface area contributed by atoms with Gasteiger partial charge in [-0.3, -0.25) is 19.6 Å². The van der Waals surface area contributed by atoms with Crippen LogP contribution in [-0.4, -0.2) is 34.2 Å². The minimum Gasteiger partial charge on any atom is -0.456 e. The number of hydrogen-bond donors (Lipinski definition) is 4. The van der Waals surface area contributed by atoms with Gasteiger partial charge in [-0.1, -0.05) is 23.2 Å². The molecule has 6 aromatic rings. The molecule has 0 atom stereocenters. The van der Waals surface area contributed by atoms with Gasteiger partial charge in [-0.25, -0.2) is 0 Å². The number of anilines is 4. The van der Waals surface area contributed by atoms with Crippen molar-refractivity contribution in [3.05, 3.63) is 155 Å². The van der Waals surface area contributed by atoms with Crippen LogP contribution in [0.25, 0.3) is 0 Å². The summed E-state index contributed by atoms with van der Waals surface area (Å²) in [6.45, 7) is -0.132. The third-order valence-electron chi connectivity index (χ3n) is 7.16. The summed E-state index contributed by atoms with van der Waals surface area (Å²) in [4.78, 5) is 30.8. The maximum absolute atomic E-state index is 12.9. The van der Waals surface area contributed by atoms with Gasteiger partial charge in [-0.15, -0.1) is 11.6 Å². The first kappa shape index (κ1) is 45.5. The molecule has 19 heteroatoms. The van der Waals surface area contributed by atoms with Crippen LogP contribution in [0.4, 0.5) is 49.1 Å². The largest absolute Gasteiger partial charge is 0.456 e. The molecular formula is C40H31Cl3F6N6O4. The summed E-state index contributed by atoms with van der Waals surface area (Å²) in [6, 6.07) is 27.6.